The fourth-order valence-electron chi connectivity index (χ4n) is 2.46. The number of rotatable bonds is 5. The summed E-state index contributed by atoms with van der Waals surface area (Å²) in [4.78, 5) is 23.6. The van der Waals surface area contributed by atoms with Gasteiger partial charge in [0.05, 0.1) is 0 Å². The van der Waals surface area contributed by atoms with Crippen LogP contribution in [0, 0.1) is 6.92 Å². The molecule has 1 aromatic carbocycles. The zero-order valence-corrected chi connectivity index (χ0v) is 15.8. The Hall–Kier alpha value is -2.35. The smallest absolute Gasteiger partial charge is 0.346 e. The maximum absolute atomic E-state index is 12.6. The second-order valence-electron chi connectivity index (χ2n) is 6.04. The molecule has 0 N–H and O–H groups in total. The van der Waals surface area contributed by atoms with E-state index < -0.39 is 26.3 Å². The molecule has 0 aliphatic carbocycles. The molecule has 0 fully saturated rings. The van der Waals surface area contributed by atoms with Crippen molar-refractivity contribution in [3.05, 3.63) is 56.4 Å². The molecule has 0 spiro atoms. The predicted molar refractivity (Wildman–Crippen MR) is 94.6 cm³/mol. The third kappa shape index (κ3) is 3.53. The third-order valence-corrected chi connectivity index (χ3v) is 5.80. The van der Waals surface area contributed by atoms with Gasteiger partial charge in [0.25, 0.3) is 5.56 Å². The molecule has 1 aromatic heterocycles. The van der Waals surface area contributed by atoms with Gasteiger partial charge in [-0.05, 0) is 37.0 Å². The molecule has 0 aliphatic rings. The Labute approximate surface area is 146 Å². The van der Waals surface area contributed by atoms with Gasteiger partial charge < -0.3 is 4.18 Å². The lowest BCUT2D eigenvalue weighted by Gasteiger charge is -2.13. The molecule has 0 saturated heterocycles. The molecular formula is C17H22N2O5S. The van der Waals surface area contributed by atoms with Crippen molar-refractivity contribution in [3.8, 4) is 5.75 Å². The van der Waals surface area contributed by atoms with E-state index in [-0.39, 0.29) is 11.4 Å². The Morgan fingerprint density at radius 3 is 2.16 bits per heavy atom. The molecule has 25 heavy (non-hydrogen) atoms. The highest BCUT2D eigenvalue weighted by Crippen LogP contribution is 2.23. The van der Waals surface area contributed by atoms with Crippen LogP contribution >= 0.6 is 0 Å². The van der Waals surface area contributed by atoms with E-state index in [9.17, 15) is 18.0 Å². The number of aromatic nitrogens is 2. The summed E-state index contributed by atoms with van der Waals surface area (Å²) >= 11 is 0. The Morgan fingerprint density at radius 1 is 1.08 bits per heavy atom. The van der Waals surface area contributed by atoms with Gasteiger partial charge in [0.1, 0.15) is 5.75 Å². The number of hydrogen-bond donors (Lipinski definition) is 0. The molecule has 7 nitrogen and oxygen atoms in total. The van der Waals surface area contributed by atoms with Crippen LogP contribution in [0.2, 0.25) is 0 Å². The third-order valence-electron chi connectivity index (χ3n) is 4.42. The lowest BCUT2D eigenvalue weighted by molar-refractivity contribution is 0.478. The molecule has 0 bridgehead atoms. The Kier molecular flexibility index (Phi) is 5.22. The van der Waals surface area contributed by atoms with Crippen LogP contribution in [0.3, 0.4) is 0 Å². The zero-order chi connectivity index (χ0) is 18.9. The first-order valence-corrected chi connectivity index (χ1v) is 9.32. The molecule has 0 amide bonds. The monoisotopic (exact) mass is 366 g/mol. The summed E-state index contributed by atoms with van der Waals surface area (Å²) in [5.74, 6) is 0.464. The molecule has 0 saturated carbocycles. The van der Waals surface area contributed by atoms with Crippen LogP contribution in [0.1, 0.15) is 37.4 Å². The molecule has 2 rings (SSSR count). The van der Waals surface area contributed by atoms with Gasteiger partial charge in [-0.3, -0.25) is 13.9 Å². The van der Waals surface area contributed by atoms with Gasteiger partial charge in [-0.25, -0.2) is 4.79 Å². The molecule has 8 heteroatoms. The van der Waals surface area contributed by atoms with Crippen molar-refractivity contribution in [2.75, 3.05) is 0 Å². The van der Waals surface area contributed by atoms with Crippen molar-refractivity contribution >= 4 is 10.1 Å². The van der Waals surface area contributed by atoms with Crippen LogP contribution in [0.25, 0.3) is 0 Å². The predicted octanol–water partition coefficient (Wildman–Crippen LogP) is 1.67. The Morgan fingerprint density at radius 2 is 1.64 bits per heavy atom. The molecular weight excluding hydrogens is 344 g/mol. The number of hydrogen-bond acceptors (Lipinski definition) is 5. The highest BCUT2D eigenvalue weighted by molar-refractivity contribution is 7.87. The average Bonchev–Trinajstić information content (AvgIpc) is 2.57. The fourth-order valence-corrected chi connectivity index (χ4v) is 3.76. The first-order valence-electron chi connectivity index (χ1n) is 7.91. The first kappa shape index (κ1) is 19.0. The minimum Gasteiger partial charge on any atom is -0.379 e. The van der Waals surface area contributed by atoms with Crippen molar-refractivity contribution in [2.24, 2.45) is 14.1 Å². The summed E-state index contributed by atoms with van der Waals surface area (Å²) in [7, 11) is -1.74. The summed E-state index contributed by atoms with van der Waals surface area (Å²) in [5, 5.41) is 0. The van der Waals surface area contributed by atoms with Crippen LogP contribution in [-0.2, 0) is 24.2 Å². The molecule has 2 aromatic rings. The van der Waals surface area contributed by atoms with E-state index in [4.69, 9.17) is 4.18 Å². The first-order chi connectivity index (χ1) is 11.6. The van der Waals surface area contributed by atoms with E-state index in [2.05, 4.69) is 13.8 Å². The van der Waals surface area contributed by atoms with Crippen molar-refractivity contribution in [1.29, 1.82) is 0 Å². The summed E-state index contributed by atoms with van der Waals surface area (Å²) in [6.45, 7) is 5.53. The molecule has 136 valence electrons. The van der Waals surface area contributed by atoms with Gasteiger partial charge in [0, 0.05) is 19.8 Å². The topological polar surface area (TPSA) is 87.4 Å². The van der Waals surface area contributed by atoms with Gasteiger partial charge in [-0.1, -0.05) is 26.0 Å². The molecule has 0 unspecified atom stereocenters. The van der Waals surface area contributed by atoms with Crippen LogP contribution in [0.4, 0.5) is 0 Å². The van der Waals surface area contributed by atoms with Gasteiger partial charge in [-0.2, -0.15) is 8.42 Å². The summed E-state index contributed by atoms with van der Waals surface area (Å²) in [5.41, 5.74) is -0.401. The van der Waals surface area contributed by atoms with Gasteiger partial charge in [0.2, 0.25) is 0 Å². The van der Waals surface area contributed by atoms with Crippen molar-refractivity contribution in [1.82, 2.24) is 9.13 Å². The van der Waals surface area contributed by atoms with E-state index in [1.807, 2.05) is 0 Å². The second kappa shape index (κ2) is 6.87. The SMILES string of the molecule is CC[C@H](C)c1ccc(OS(=O)(=O)c2c(C)n(C)c(=O)n(C)c2=O)cc1. The summed E-state index contributed by atoms with van der Waals surface area (Å²) in [6, 6.07) is 6.71. The maximum atomic E-state index is 12.6. The van der Waals surface area contributed by atoms with Crippen LogP contribution in [0.15, 0.2) is 38.8 Å². The standard InChI is InChI=1S/C17H22N2O5S/c1-6-11(2)13-7-9-14(10-8-13)24-25(22,23)15-12(3)18(4)17(21)19(5)16(15)20/h7-11H,6H2,1-5H3/t11-/m0/s1. The molecule has 1 atom stereocenters. The van der Waals surface area contributed by atoms with E-state index in [0.717, 1.165) is 21.1 Å². The highest BCUT2D eigenvalue weighted by atomic mass is 32.2. The number of benzene rings is 1. The minimum absolute atomic E-state index is 0.0318. The van der Waals surface area contributed by atoms with Crippen molar-refractivity contribution in [2.45, 2.75) is 38.0 Å². The second-order valence-corrected chi connectivity index (χ2v) is 7.52. The van der Waals surface area contributed by atoms with Crippen LogP contribution in [0.5, 0.6) is 5.75 Å². The highest BCUT2D eigenvalue weighted by Gasteiger charge is 2.27. The van der Waals surface area contributed by atoms with E-state index >= 15 is 0 Å². The normalized spacial score (nSPS) is 12.8. The van der Waals surface area contributed by atoms with Gasteiger partial charge >= 0.3 is 15.8 Å². The minimum atomic E-state index is -4.37. The number of nitrogens with zero attached hydrogens (tertiary/aromatic N) is 2. The lowest BCUT2D eigenvalue weighted by atomic mass is 9.99. The maximum Gasteiger partial charge on any atom is 0.346 e. The lowest BCUT2D eigenvalue weighted by Crippen LogP contribution is -2.41. The molecule has 1 heterocycles. The largest absolute Gasteiger partial charge is 0.379 e. The van der Waals surface area contributed by atoms with Crippen LogP contribution < -0.4 is 15.4 Å². The Balaban J connectivity index is 2.48. The molecule has 0 aliphatic heterocycles. The molecule has 0 radical (unpaired) electrons. The zero-order valence-electron chi connectivity index (χ0n) is 14.9. The summed E-state index contributed by atoms with van der Waals surface area (Å²) < 4.78 is 32.1. The van der Waals surface area contributed by atoms with E-state index in [0.29, 0.717) is 5.92 Å². The van der Waals surface area contributed by atoms with E-state index in [1.165, 1.54) is 21.0 Å². The van der Waals surface area contributed by atoms with Crippen LogP contribution in [-0.4, -0.2) is 17.6 Å². The van der Waals surface area contributed by atoms with E-state index in [1.54, 1.807) is 24.3 Å². The summed E-state index contributed by atoms with van der Waals surface area (Å²) in [6.07, 6.45) is 0.964. The Bertz CT molecular complexity index is 1000. The van der Waals surface area contributed by atoms with Gasteiger partial charge in [0.15, 0.2) is 4.90 Å². The fraction of sp³-hybridized carbons (Fsp3) is 0.412. The average molecular weight is 366 g/mol. The van der Waals surface area contributed by atoms with Crippen molar-refractivity contribution in [3.63, 3.8) is 0 Å². The van der Waals surface area contributed by atoms with Crippen molar-refractivity contribution < 1.29 is 12.6 Å². The van der Waals surface area contributed by atoms with Gasteiger partial charge in [-0.15, -0.1) is 0 Å². The quantitative estimate of drug-likeness (QED) is 0.751.